The van der Waals surface area contributed by atoms with E-state index >= 15 is 0 Å². The molecular formula is C16H13F3O2. The molecule has 1 atom stereocenters. The molecule has 0 aliphatic carbocycles. The van der Waals surface area contributed by atoms with Gasteiger partial charge < -0.3 is 4.74 Å². The van der Waals surface area contributed by atoms with Crippen molar-refractivity contribution in [1.29, 1.82) is 0 Å². The number of benzene rings is 2. The molecule has 2 aromatic rings. The van der Waals surface area contributed by atoms with Crippen molar-refractivity contribution in [3.05, 3.63) is 71.8 Å². The lowest BCUT2D eigenvalue weighted by Crippen LogP contribution is -2.46. The van der Waals surface area contributed by atoms with Gasteiger partial charge in [-0.2, -0.15) is 13.2 Å². The van der Waals surface area contributed by atoms with Crippen LogP contribution in [0.4, 0.5) is 13.2 Å². The average Bonchev–Trinajstić information content (AvgIpc) is 2.49. The van der Waals surface area contributed by atoms with E-state index in [2.05, 4.69) is 0 Å². The van der Waals surface area contributed by atoms with Gasteiger partial charge in [-0.1, -0.05) is 60.7 Å². The average molecular weight is 294 g/mol. The highest BCUT2D eigenvalue weighted by molar-refractivity contribution is 5.67. The molecule has 0 spiro atoms. The Morgan fingerprint density at radius 3 is 1.90 bits per heavy atom. The van der Waals surface area contributed by atoms with Gasteiger partial charge in [0, 0.05) is 5.56 Å². The number of hydrogen-bond donors (Lipinski definition) is 0. The minimum Gasteiger partial charge on any atom is -0.350 e. The lowest BCUT2D eigenvalue weighted by Gasteiger charge is -2.31. The minimum atomic E-state index is -4.84. The topological polar surface area (TPSA) is 26.3 Å². The van der Waals surface area contributed by atoms with E-state index in [9.17, 15) is 18.0 Å². The van der Waals surface area contributed by atoms with Crippen molar-refractivity contribution in [3.63, 3.8) is 0 Å². The van der Waals surface area contributed by atoms with Crippen molar-refractivity contribution in [2.45, 2.75) is 18.4 Å². The Balaban J connectivity index is 2.35. The van der Waals surface area contributed by atoms with Crippen LogP contribution in [0.15, 0.2) is 60.7 Å². The lowest BCUT2D eigenvalue weighted by atomic mass is 9.94. The fourth-order valence-electron chi connectivity index (χ4n) is 1.95. The van der Waals surface area contributed by atoms with Gasteiger partial charge in [0.25, 0.3) is 0 Å². The lowest BCUT2D eigenvalue weighted by molar-refractivity contribution is -0.270. The second-order valence-corrected chi connectivity index (χ2v) is 4.49. The van der Waals surface area contributed by atoms with Crippen LogP contribution in [0.25, 0.3) is 0 Å². The van der Waals surface area contributed by atoms with Crippen LogP contribution >= 0.6 is 0 Å². The summed E-state index contributed by atoms with van der Waals surface area (Å²) in [4.78, 5) is 11.3. The first kappa shape index (κ1) is 15.3. The van der Waals surface area contributed by atoms with Crippen LogP contribution < -0.4 is 0 Å². The third-order valence-electron chi connectivity index (χ3n) is 3.10. The van der Waals surface area contributed by atoms with E-state index in [0.717, 1.165) is 0 Å². The normalized spacial score (nSPS) is 14.4. The summed E-state index contributed by atoms with van der Waals surface area (Å²) in [6.45, 7) is -0.312. The van der Waals surface area contributed by atoms with Gasteiger partial charge in [-0.15, -0.1) is 0 Å². The fraction of sp³-hybridized carbons (Fsp3) is 0.188. The Morgan fingerprint density at radius 1 is 0.905 bits per heavy atom. The molecule has 0 aliphatic heterocycles. The summed E-state index contributed by atoms with van der Waals surface area (Å²) >= 11 is 0. The van der Waals surface area contributed by atoms with E-state index in [1.807, 2.05) is 0 Å². The first-order chi connectivity index (χ1) is 9.99. The van der Waals surface area contributed by atoms with Crippen molar-refractivity contribution in [1.82, 2.24) is 0 Å². The summed E-state index contributed by atoms with van der Waals surface area (Å²) in [5.74, 6) is 0. The number of carbonyl (C=O) groups excluding carboxylic acids is 1. The summed E-state index contributed by atoms with van der Waals surface area (Å²) in [6, 6.07) is 15.3. The number of carbonyl (C=O) groups is 1. The largest absolute Gasteiger partial charge is 0.428 e. The molecule has 0 saturated heterocycles. The predicted octanol–water partition coefficient (Wildman–Crippen LogP) is 3.86. The van der Waals surface area contributed by atoms with Crippen molar-refractivity contribution in [2.75, 3.05) is 0 Å². The standard InChI is InChI=1S/C16H13F3O2/c17-16(18,19)15(12-20,14-9-5-2-6-10-14)21-11-13-7-3-1-4-8-13/h1-10,12H,11H2/t15-/m1/s1. The number of halogens is 3. The van der Waals surface area contributed by atoms with Crippen LogP contribution in [-0.4, -0.2) is 12.5 Å². The van der Waals surface area contributed by atoms with Gasteiger partial charge in [-0.25, -0.2) is 0 Å². The Kier molecular flexibility index (Phi) is 4.43. The molecule has 2 nitrogen and oxygen atoms in total. The zero-order valence-electron chi connectivity index (χ0n) is 11.0. The van der Waals surface area contributed by atoms with Gasteiger partial charge >= 0.3 is 6.18 Å². The molecule has 110 valence electrons. The van der Waals surface area contributed by atoms with E-state index in [1.54, 1.807) is 36.4 Å². The summed E-state index contributed by atoms with van der Waals surface area (Å²) < 4.78 is 45.2. The van der Waals surface area contributed by atoms with Gasteiger partial charge in [0.2, 0.25) is 5.60 Å². The molecule has 0 unspecified atom stereocenters. The Hall–Kier alpha value is -2.14. The molecular weight excluding hydrogens is 281 g/mol. The third-order valence-corrected chi connectivity index (χ3v) is 3.10. The summed E-state index contributed by atoms with van der Waals surface area (Å²) in [5, 5.41) is 0. The van der Waals surface area contributed by atoms with Gasteiger partial charge in [-0.3, -0.25) is 4.79 Å². The molecule has 0 aromatic heterocycles. The first-order valence-electron chi connectivity index (χ1n) is 6.26. The fourth-order valence-corrected chi connectivity index (χ4v) is 1.95. The molecule has 0 aliphatic rings. The van der Waals surface area contributed by atoms with Crippen molar-refractivity contribution < 1.29 is 22.7 Å². The van der Waals surface area contributed by atoms with E-state index < -0.39 is 11.8 Å². The molecule has 21 heavy (non-hydrogen) atoms. The molecule has 0 radical (unpaired) electrons. The molecule has 0 N–H and O–H groups in total. The van der Waals surface area contributed by atoms with Crippen LogP contribution in [0.5, 0.6) is 0 Å². The van der Waals surface area contributed by atoms with Crippen molar-refractivity contribution in [3.8, 4) is 0 Å². The number of ether oxygens (including phenoxy) is 1. The maximum Gasteiger partial charge on any atom is 0.428 e. The second kappa shape index (κ2) is 6.10. The molecule has 2 rings (SSSR count). The smallest absolute Gasteiger partial charge is 0.350 e. The van der Waals surface area contributed by atoms with Crippen molar-refractivity contribution >= 4 is 6.29 Å². The molecule has 0 saturated carbocycles. The SMILES string of the molecule is O=C[C@@](OCc1ccccc1)(c1ccccc1)C(F)(F)F. The van der Waals surface area contributed by atoms with Crippen LogP contribution in [0.1, 0.15) is 11.1 Å². The Bertz CT molecular complexity index is 581. The highest BCUT2D eigenvalue weighted by Crippen LogP contribution is 2.41. The predicted molar refractivity (Wildman–Crippen MR) is 71.5 cm³/mol. The zero-order chi connectivity index (χ0) is 15.3. The van der Waals surface area contributed by atoms with Crippen LogP contribution in [0.2, 0.25) is 0 Å². The van der Waals surface area contributed by atoms with Gasteiger partial charge in [-0.05, 0) is 5.56 Å². The Morgan fingerprint density at radius 2 is 1.43 bits per heavy atom. The monoisotopic (exact) mass is 294 g/mol. The molecule has 2 aromatic carbocycles. The number of aldehydes is 1. The van der Waals surface area contributed by atoms with E-state index in [1.165, 1.54) is 24.3 Å². The van der Waals surface area contributed by atoms with E-state index in [4.69, 9.17) is 4.74 Å². The van der Waals surface area contributed by atoms with Gasteiger partial charge in [0.1, 0.15) is 0 Å². The molecule has 0 amide bonds. The number of hydrogen-bond acceptors (Lipinski definition) is 2. The number of alkyl halides is 3. The van der Waals surface area contributed by atoms with Crippen molar-refractivity contribution in [2.24, 2.45) is 0 Å². The summed E-state index contributed by atoms with van der Waals surface area (Å²) in [5.41, 5.74) is -2.63. The highest BCUT2D eigenvalue weighted by Gasteiger charge is 2.57. The van der Waals surface area contributed by atoms with E-state index in [0.29, 0.717) is 5.56 Å². The van der Waals surface area contributed by atoms with Gasteiger partial charge in [0.15, 0.2) is 6.29 Å². The van der Waals surface area contributed by atoms with Gasteiger partial charge in [0.05, 0.1) is 6.61 Å². The molecule has 0 bridgehead atoms. The second-order valence-electron chi connectivity index (χ2n) is 4.49. The maximum atomic E-state index is 13.4. The highest BCUT2D eigenvalue weighted by atomic mass is 19.4. The van der Waals surface area contributed by atoms with Crippen LogP contribution in [-0.2, 0) is 21.7 Å². The minimum absolute atomic E-state index is 0.189. The zero-order valence-corrected chi connectivity index (χ0v) is 11.0. The number of rotatable bonds is 5. The summed E-state index contributed by atoms with van der Waals surface area (Å²) in [7, 11) is 0. The molecule has 5 heteroatoms. The quantitative estimate of drug-likeness (QED) is 0.783. The summed E-state index contributed by atoms with van der Waals surface area (Å²) in [6.07, 6.45) is -5.03. The maximum absolute atomic E-state index is 13.4. The molecule has 0 heterocycles. The Labute approximate surface area is 120 Å². The third kappa shape index (κ3) is 3.13. The van der Waals surface area contributed by atoms with Crippen LogP contribution in [0.3, 0.4) is 0 Å². The van der Waals surface area contributed by atoms with E-state index in [-0.39, 0.29) is 18.5 Å². The first-order valence-corrected chi connectivity index (χ1v) is 6.26. The molecule has 0 fully saturated rings. The van der Waals surface area contributed by atoms with Crippen LogP contribution in [0, 0.1) is 0 Å².